The number of unbranched alkanes of at least 4 members (excludes halogenated alkanes) is 4. The van der Waals surface area contributed by atoms with Crippen molar-refractivity contribution >= 4 is 0 Å². The van der Waals surface area contributed by atoms with Gasteiger partial charge in [0.1, 0.15) is 6.17 Å². The smallest absolute Gasteiger partial charge is 0.415 e. The van der Waals surface area contributed by atoms with Crippen molar-refractivity contribution in [3.63, 3.8) is 0 Å². The first kappa shape index (κ1) is 22.7. The summed E-state index contributed by atoms with van der Waals surface area (Å²) < 4.78 is 96.1. The average Bonchev–Trinajstić information content (AvgIpc) is 2.25. The van der Waals surface area contributed by atoms with Crippen molar-refractivity contribution in [3.05, 3.63) is 6.43 Å². The van der Waals surface area contributed by atoms with Crippen LogP contribution in [0.4, 0.5) is 35.1 Å². The van der Waals surface area contributed by atoms with Crippen molar-refractivity contribution in [1.82, 2.24) is 0 Å². The van der Waals surface area contributed by atoms with Gasteiger partial charge in [-0.1, -0.05) is 25.7 Å². The summed E-state index contributed by atoms with van der Waals surface area (Å²) in [7, 11) is 0. The van der Waals surface area contributed by atoms with Crippen molar-refractivity contribution in [3.8, 4) is 0 Å². The monoisotopic (exact) mass is 322 g/mol. The maximum absolute atomic E-state index is 12.8. The van der Waals surface area contributed by atoms with Gasteiger partial charge in [-0.25, -0.2) is 13.2 Å². The molecule has 0 N–H and O–H groups in total. The molecule has 0 bridgehead atoms. The molecule has 9 heteroatoms. The molecule has 0 amide bonds. The van der Waals surface area contributed by atoms with E-state index in [2.05, 4.69) is 0 Å². The van der Waals surface area contributed by atoms with Crippen molar-refractivity contribution in [2.75, 3.05) is 0 Å². The predicted molar refractivity (Wildman–Crippen MR) is 53.7 cm³/mol. The quantitative estimate of drug-likeness (QED) is 0.265. The molecule has 0 aliphatic carbocycles. The van der Waals surface area contributed by atoms with E-state index in [0.717, 1.165) is 0 Å². The molecule has 0 aliphatic heterocycles. The fourth-order valence-corrected chi connectivity index (χ4v) is 1.48. The molecule has 0 aromatic heterocycles. The van der Waals surface area contributed by atoms with Gasteiger partial charge in [0.25, 0.3) is 0 Å². The SMILES string of the molecule is F[C-](F)C(F)(F)C(F)CCCCCCCC(F)(F)F.[Na+]. The van der Waals surface area contributed by atoms with Crippen LogP contribution in [-0.2, 0) is 0 Å². The maximum atomic E-state index is 12.8. The Labute approximate surface area is 134 Å². The van der Waals surface area contributed by atoms with Gasteiger partial charge in [0.15, 0.2) is 0 Å². The Hall–Kier alpha value is 0.440. The fraction of sp³-hybridized carbons (Fsp3) is 0.909. The van der Waals surface area contributed by atoms with Crippen LogP contribution in [0.15, 0.2) is 0 Å². The first-order valence-electron chi connectivity index (χ1n) is 5.84. The summed E-state index contributed by atoms with van der Waals surface area (Å²) >= 11 is 0. The Morgan fingerprint density at radius 3 is 1.70 bits per heavy atom. The molecule has 116 valence electrons. The van der Waals surface area contributed by atoms with E-state index in [1.807, 2.05) is 0 Å². The zero-order valence-electron chi connectivity index (χ0n) is 11.1. The molecule has 0 fully saturated rings. The number of hydrogen-bond acceptors (Lipinski definition) is 0. The Balaban J connectivity index is 0. The Morgan fingerprint density at radius 1 is 0.800 bits per heavy atom. The largest absolute Gasteiger partial charge is 1.00 e. The van der Waals surface area contributed by atoms with Crippen LogP contribution in [0.25, 0.3) is 0 Å². The van der Waals surface area contributed by atoms with Crippen molar-refractivity contribution in [1.29, 1.82) is 0 Å². The summed E-state index contributed by atoms with van der Waals surface area (Å²) in [5, 5.41) is 0. The summed E-state index contributed by atoms with van der Waals surface area (Å²) in [6.45, 7) is 0. The van der Waals surface area contributed by atoms with E-state index < -0.39 is 37.5 Å². The summed E-state index contributed by atoms with van der Waals surface area (Å²) in [6, 6.07) is 0. The molecular formula is C11H15F8Na. The number of hydrogen-bond donors (Lipinski definition) is 0. The average molecular weight is 322 g/mol. The molecule has 0 radical (unpaired) electrons. The molecule has 0 aromatic rings. The zero-order chi connectivity index (χ0) is 15.1. The van der Waals surface area contributed by atoms with Crippen LogP contribution in [0.5, 0.6) is 0 Å². The molecular weight excluding hydrogens is 307 g/mol. The molecule has 0 saturated carbocycles. The molecule has 0 rings (SSSR count). The predicted octanol–water partition coefficient (Wildman–Crippen LogP) is 2.69. The first-order chi connectivity index (χ1) is 8.57. The summed E-state index contributed by atoms with van der Waals surface area (Å²) in [5.41, 5.74) is 0. The molecule has 0 aromatic carbocycles. The van der Waals surface area contributed by atoms with Gasteiger partial charge in [0, 0.05) is 6.42 Å². The van der Waals surface area contributed by atoms with Gasteiger partial charge in [-0.3, -0.25) is 0 Å². The second-order valence-electron chi connectivity index (χ2n) is 4.27. The van der Waals surface area contributed by atoms with Gasteiger partial charge >= 0.3 is 35.7 Å². The minimum absolute atomic E-state index is 0. The molecule has 1 unspecified atom stereocenters. The van der Waals surface area contributed by atoms with Crippen molar-refractivity contribution in [2.24, 2.45) is 0 Å². The van der Waals surface area contributed by atoms with Crippen LogP contribution in [-0.4, -0.2) is 18.3 Å². The third kappa shape index (κ3) is 10.2. The summed E-state index contributed by atoms with van der Waals surface area (Å²) in [5.74, 6) is -4.74. The Morgan fingerprint density at radius 2 is 1.25 bits per heavy atom. The van der Waals surface area contributed by atoms with Crippen LogP contribution in [0.2, 0.25) is 0 Å². The minimum Gasteiger partial charge on any atom is -0.415 e. The van der Waals surface area contributed by atoms with E-state index in [1.165, 1.54) is 0 Å². The molecule has 0 nitrogen and oxygen atoms in total. The molecule has 0 aliphatic rings. The van der Waals surface area contributed by atoms with Crippen LogP contribution in [0, 0.1) is 6.43 Å². The van der Waals surface area contributed by atoms with E-state index in [4.69, 9.17) is 0 Å². The van der Waals surface area contributed by atoms with E-state index in [9.17, 15) is 35.1 Å². The van der Waals surface area contributed by atoms with E-state index in [1.54, 1.807) is 0 Å². The normalized spacial score (nSPS) is 14.2. The molecule has 0 spiro atoms. The fourth-order valence-electron chi connectivity index (χ4n) is 1.48. The van der Waals surface area contributed by atoms with Gasteiger partial charge in [0.05, 0.1) is 6.43 Å². The topological polar surface area (TPSA) is 0 Å². The van der Waals surface area contributed by atoms with Crippen molar-refractivity contribution < 1.29 is 64.7 Å². The van der Waals surface area contributed by atoms with Gasteiger partial charge in [-0.15, -0.1) is 0 Å². The second-order valence-corrected chi connectivity index (χ2v) is 4.27. The first-order valence-corrected chi connectivity index (χ1v) is 5.84. The standard InChI is InChI=1S/C11H15F8.Na/c12-8(11(18,19)9(13)14)6-4-2-1-3-5-7-10(15,16)17;/h8H,1-7H2;/q-1;+1. The van der Waals surface area contributed by atoms with Gasteiger partial charge in [-0.2, -0.15) is 13.2 Å². The minimum atomic E-state index is -4.74. The Bertz CT molecular complexity index is 241. The summed E-state index contributed by atoms with van der Waals surface area (Å²) in [4.78, 5) is 0. The Kier molecular flexibility index (Phi) is 11.6. The van der Waals surface area contributed by atoms with Crippen LogP contribution in [0.3, 0.4) is 0 Å². The van der Waals surface area contributed by atoms with Gasteiger partial charge < -0.3 is 8.78 Å². The number of alkyl halides is 6. The van der Waals surface area contributed by atoms with Gasteiger partial charge in [-0.05, 0) is 12.8 Å². The maximum Gasteiger partial charge on any atom is 1.00 e. The van der Waals surface area contributed by atoms with E-state index >= 15 is 0 Å². The van der Waals surface area contributed by atoms with Crippen LogP contribution < -0.4 is 29.6 Å². The number of halogens is 8. The van der Waals surface area contributed by atoms with Gasteiger partial charge in [0.2, 0.25) is 5.92 Å². The number of rotatable bonds is 9. The van der Waals surface area contributed by atoms with Crippen molar-refractivity contribution in [2.45, 2.75) is 63.2 Å². The van der Waals surface area contributed by atoms with E-state index in [-0.39, 0.29) is 55.2 Å². The third-order valence-electron chi connectivity index (χ3n) is 2.56. The third-order valence-corrected chi connectivity index (χ3v) is 2.56. The van der Waals surface area contributed by atoms with Crippen LogP contribution >= 0.6 is 0 Å². The molecule has 20 heavy (non-hydrogen) atoms. The second kappa shape index (κ2) is 10.2. The molecule has 0 heterocycles. The summed E-state index contributed by atoms with van der Waals surface area (Å²) in [6.07, 6.45) is -11.4. The van der Waals surface area contributed by atoms with E-state index in [0.29, 0.717) is 6.42 Å². The molecule has 0 saturated heterocycles. The zero-order valence-corrected chi connectivity index (χ0v) is 13.1. The molecule has 1 atom stereocenters. The van der Waals surface area contributed by atoms with Crippen LogP contribution in [0.1, 0.15) is 44.9 Å².